The van der Waals surface area contributed by atoms with E-state index in [1.165, 1.54) is 0 Å². The van der Waals surface area contributed by atoms with Crippen LogP contribution in [0.3, 0.4) is 0 Å². The van der Waals surface area contributed by atoms with Gasteiger partial charge in [-0.3, -0.25) is 4.79 Å². The van der Waals surface area contributed by atoms with Gasteiger partial charge in [-0.15, -0.1) is 0 Å². The van der Waals surface area contributed by atoms with Gasteiger partial charge in [0, 0.05) is 12.1 Å². The molecule has 1 N–H and O–H groups in total. The van der Waals surface area contributed by atoms with Crippen molar-refractivity contribution in [3.8, 4) is 11.5 Å². The second-order valence-electron chi connectivity index (χ2n) is 6.21. The number of benzene rings is 2. The molecule has 27 heavy (non-hydrogen) atoms. The molecule has 5 nitrogen and oxygen atoms in total. The number of furan rings is 1. The molecule has 0 aliphatic rings. The van der Waals surface area contributed by atoms with Gasteiger partial charge in [-0.2, -0.15) is 0 Å². The van der Waals surface area contributed by atoms with Gasteiger partial charge in [-0.25, -0.2) is 0 Å². The number of carbonyl (C=O) groups is 1. The molecule has 0 radical (unpaired) electrons. The molecular weight excluding hydrogens is 342 g/mol. The van der Waals surface area contributed by atoms with Crippen molar-refractivity contribution in [2.45, 2.75) is 26.4 Å². The Bertz CT molecular complexity index is 874. The fourth-order valence-electron chi connectivity index (χ4n) is 2.84. The number of para-hydroxylation sites is 2. The van der Waals surface area contributed by atoms with E-state index in [1.54, 1.807) is 35.4 Å². The summed E-state index contributed by atoms with van der Waals surface area (Å²) in [6.07, 6.45) is 2.41. The lowest BCUT2D eigenvalue weighted by atomic mass is 10.1. The summed E-state index contributed by atoms with van der Waals surface area (Å²) in [5.41, 5.74) is 1.73. The normalized spacial score (nSPS) is 10.6. The largest absolute Gasteiger partial charge is 0.508 e. The van der Waals surface area contributed by atoms with Gasteiger partial charge in [0.1, 0.15) is 17.3 Å². The first-order valence-corrected chi connectivity index (χ1v) is 8.95. The summed E-state index contributed by atoms with van der Waals surface area (Å²) in [5.74, 6) is 1.37. The molecule has 2 aromatic carbocycles. The molecule has 1 amide bonds. The van der Waals surface area contributed by atoms with Crippen LogP contribution in [0.15, 0.2) is 71.3 Å². The van der Waals surface area contributed by atoms with Gasteiger partial charge in [0.05, 0.1) is 12.8 Å². The summed E-state index contributed by atoms with van der Waals surface area (Å²) in [6.45, 7) is 2.54. The zero-order chi connectivity index (χ0) is 19.1. The molecule has 0 aliphatic heterocycles. The average Bonchev–Trinajstić information content (AvgIpc) is 3.20. The fraction of sp³-hybridized carbons (Fsp3) is 0.227. The van der Waals surface area contributed by atoms with Crippen molar-refractivity contribution < 1.29 is 19.1 Å². The summed E-state index contributed by atoms with van der Waals surface area (Å²) in [7, 11) is 0. The van der Waals surface area contributed by atoms with E-state index < -0.39 is 0 Å². The van der Waals surface area contributed by atoms with Crippen LogP contribution in [0, 0.1) is 0 Å². The van der Waals surface area contributed by atoms with E-state index in [0.717, 1.165) is 12.0 Å². The minimum absolute atomic E-state index is 0.0781. The fourth-order valence-corrected chi connectivity index (χ4v) is 2.84. The maximum Gasteiger partial charge on any atom is 0.261 e. The molecule has 0 bridgehead atoms. The molecule has 0 aliphatic carbocycles. The van der Waals surface area contributed by atoms with E-state index >= 15 is 0 Å². The van der Waals surface area contributed by atoms with Gasteiger partial charge in [-0.1, -0.05) is 43.3 Å². The van der Waals surface area contributed by atoms with E-state index in [1.807, 2.05) is 43.3 Å². The van der Waals surface area contributed by atoms with Crippen LogP contribution in [-0.4, -0.2) is 22.5 Å². The molecule has 0 atom stereocenters. The Labute approximate surface area is 158 Å². The quantitative estimate of drug-likeness (QED) is 0.651. The van der Waals surface area contributed by atoms with Crippen molar-refractivity contribution in [3.63, 3.8) is 0 Å². The first-order valence-electron chi connectivity index (χ1n) is 8.95. The third kappa shape index (κ3) is 4.91. The van der Waals surface area contributed by atoms with Crippen molar-refractivity contribution in [2.24, 2.45) is 0 Å². The van der Waals surface area contributed by atoms with Crippen LogP contribution in [0.4, 0.5) is 0 Å². The molecule has 3 aromatic rings. The van der Waals surface area contributed by atoms with Gasteiger partial charge in [0.2, 0.25) is 0 Å². The third-order valence-corrected chi connectivity index (χ3v) is 4.34. The lowest BCUT2D eigenvalue weighted by Crippen LogP contribution is -2.34. The summed E-state index contributed by atoms with van der Waals surface area (Å²) in [5, 5.41) is 10.1. The Kier molecular flexibility index (Phi) is 6.15. The van der Waals surface area contributed by atoms with Crippen molar-refractivity contribution in [2.75, 3.05) is 6.61 Å². The molecule has 140 valence electrons. The summed E-state index contributed by atoms with van der Waals surface area (Å²) < 4.78 is 11.2. The van der Waals surface area contributed by atoms with Crippen molar-refractivity contribution in [1.82, 2.24) is 4.90 Å². The zero-order valence-electron chi connectivity index (χ0n) is 15.3. The Morgan fingerprint density at radius 3 is 2.44 bits per heavy atom. The van der Waals surface area contributed by atoms with Crippen LogP contribution in [0.25, 0.3) is 0 Å². The first-order chi connectivity index (χ1) is 13.2. The topological polar surface area (TPSA) is 62.9 Å². The van der Waals surface area contributed by atoms with Crippen LogP contribution in [0.5, 0.6) is 11.5 Å². The van der Waals surface area contributed by atoms with Crippen molar-refractivity contribution >= 4 is 5.91 Å². The molecule has 0 fully saturated rings. The zero-order valence-corrected chi connectivity index (χ0v) is 15.3. The van der Waals surface area contributed by atoms with E-state index in [2.05, 4.69) is 0 Å². The highest BCUT2D eigenvalue weighted by Gasteiger charge is 2.18. The summed E-state index contributed by atoms with van der Waals surface area (Å²) in [6, 6.07) is 18.3. The molecule has 1 aromatic heterocycles. The molecule has 1 heterocycles. The summed E-state index contributed by atoms with van der Waals surface area (Å²) >= 11 is 0. The smallest absolute Gasteiger partial charge is 0.261 e. The highest BCUT2D eigenvalue weighted by molar-refractivity contribution is 5.77. The number of ether oxygens (including phenoxy) is 1. The Morgan fingerprint density at radius 1 is 1.00 bits per heavy atom. The number of amides is 1. The van der Waals surface area contributed by atoms with Crippen LogP contribution >= 0.6 is 0 Å². The number of hydrogen-bond donors (Lipinski definition) is 1. The van der Waals surface area contributed by atoms with E-state index in [0.29, 0.717) is 23.6 Å². The first kappa shape index (κ1) is 18.6. The molecule has 0 unspecified atom stereocenters. The highest BCUT2D eigenvalue weighted by Crippen LogP contribution is 2.21. The van der Waals surface area contributed by atoms with E-state index in [-0.39, 0.29) is 24.8 Å². The Hall–Kier alpha value is -3.21. The molecular formula is C22H23NO4. The number of hydrogen-bond acceptors (Lipinski definition) is 4. The van der Waals surface area contributed by atoms with Gasteiger partial charge < -0.3 is 19.2 Å². The maximum absolute atomic E-state index is 12.8. The van der Waals surface area contributed by atoms with Gasteiger partial charge in [0.25, 0.3) is 5.91 Å². The Balaban J connectivity index is 1.73. The second kappa shape index (κ2) is 8.94. The Morgan fingerprint density at radius 2 is 1.74 bits per heavy atom. The second-order valence-corrected chi connectivity index (χ2v) is 6.21. The molecule has 0 saturated carbocycles. The van der Waals surface area contributed by atoms with Crippen LogP contribution in [0.2, 0.25) is 0 Å². The molecule has 0 saturated heterocycles. The van der Waals surface area contributed by atoms with E-state index in [9.17, 15) is 9.90 Å². The van der Waals surface area contributed by atoms with Crippen molar-refractivity contribution in [1.29, 1.82) is 0 Å². The lowest BCUT2D eigenvalue weighted by molar-refractivity contribution is -0.134. The predicted octanol–water partition coefficient (Wildman–Crippen LogP) is 4.16. The predicted molar refractivity (Wildman–Crippen MR) is 102 cm³/mol. The van der Waals surface area contributed by atoms with Gasteiger partial charge in [0.15, 0.2) is 6.61 Å². The maximum atomic E-state index is 12.8. The number of carbonyl (C=O) groups excluding carboxylic acids is 1. The summed E-state index contributed by atoms with van der Waals surface area (Å²) in [4.78, 5) is 14.4. The van der Waals surface area contributed by atoms with Gasteiger partial charge >= 0.3 is 0 Å². The van der Waals surface area contributed by atoms with Crippen LogP contribution in [-0.2, 0) is 24.3 Å². The molecule has 5 heteroatoms. The minimum Gasteiger partial charge on any atom is -0.508 e. The van der Waals surface area contributed by atoms with E-state index in [4.69, 9.17) is 9.15 Å². The number of nitrogens with zero attached hydrogens (tertiary/aromatic N) is 1. The SMILES string of the molecule is CCc1ccccc1OCC(=O)N(Cc1ccco1)Cc1ccccc1O. The monoisotopic (exact) mass is 365 g/mol. The number of aryl methyl sites for hydroxylation is 1. The number of phenols is 1. The number of aromatic hydroxyl groups is 1. The van der Waals surface area contributed by atoms with Gasteiger partial charge in [-0.05, 0) is 36.2 Å². The van der Waals surface area contributed by atoms with Crippen LogP contribution in [0.1, 0.15) is 23.8 Å². The lowest BCUT2D eigenvalue weighted by Gasteiger charge is -2.22. The standard InChI is InChI=1S/C22H23NO4/c1-2-17-8-4-6-12-21(17)27-16-22(25)23(15-19-10-7-13-26-19)14-18-9-3-5-11-20(18)24/h3-13,24H,2,14-16H2,1H3. The number of rotatable bonds is 8. The molecule has 3 rings (SSSR count). The van der Waals surface area contributed by atoms with Crippen LogP contribution < -0.4 is 4.74 Å². The minimum atomic E-state index is -0.180. The molecule has 0 spiro atoms. The highest BCUT2D eigenvalue weighted by atomic mass is 16.5. The number of phenolic OH excluding ortho intramolecular Hbond substituents is 1. The average molecular weight is 365 g/mol. The third-order valence-electron chi connectivity index (χ3n) is 4.34. The van der Waals surface area contributed by atoms with Crippen molar-refractivity contribution in [3.05, 3.63) is 83.8 Å².